The van der Waals surface area contributed by atoms with E-state index in [0.29, 0.717) is 17.7 Å². The standard InChI is InChI=1S/C16H22ClNO/c1-12(13-6-8-15(17)9-7-13)18(2)11-10-14-4-3-5-16(14)19/h6-9,12,14H,3-5,10-11H2,1-2H3. The fourth-order valence-corrected chi connectivity index (χ4v) is 2.87. The lowest BCUT2D eigenvalue weighted by Gasteiger charge is -2.26. The van der Waals surface area contributed by atoms with Gasteiger partial charge in [0.25, 0.3) is 0 Å². The minimum atomic E-state index is 0.305. The molecule has 104 valence electrons. The molecule has 1 aliphatic carbocycles. The fourth-order valence-electron chi connectivity index (χ4n) is 2.74. The molecule has 2 unspecified atom stereocenters. The maximum Gasteiger partial charge on any atom is 0.136 e. The number of Topliss-reactive ketones (excluding diaryl/α,β-unsaturated/α-hetero) is 1. The van der Waals surface area contributed by atoms with Gasteiger partial charge in [-0.05, 0) is 57.5 Å². The van der Waals surface area contributed by atoms with Crippen LogP contribution in [0, 0.1) is 5.92 Å². The van der Waals surface area contributed by atoms with Gasteiger partial charge in [0.1, 0.15) is 5.78 Å². The maximum atomic E-state index is 11.6. The van der Waals surface area contributed by atoms with Crippen LogP contribution in [0.1, 0.15) is 44.2 Å². The molecule has 0 N–H and O–H groups in total. The number of nitrogens with zero attached hydrogens (tertiary/aromatic N) is 1. The van der Waals surface area contributed by atoms with Crippen LogP contribution in [0.3, 0.4) is 0 Å². The van der Waals surface area contributed by atoms with Gasteiger partial charge in [-0.15, -0.1) is 0 Å². The summed E-state index contributed by atoms with van der Waals surface area (Å²) in [5, 5.41) is 0.773. The van der Waals surface area contributed by atoms with Crippen LogP contribution in [0.25, 0.3) is 0 Å². The summed E-state index contributed by atoms with van der Waals surface area (Å²) < 4.78 is 0. The van der Waals surface area contributed by atoms with Crippen LogP contribution < -0.4 is 0 Å². The zero-order valence-electron chi connectivity index (χ0n) is 11.7. The van der Waals surface area contributed by atoms with E-state index in [-0.39, 0.29) is 0 Å². The van der Waals surface area contributed by atoms with Gasteiger partial charge in [-0.25, -0.2) is 0 Å². The molecule has 0 radical (unpaired) electrons. The van der Waals surface area contributed by atoms with Gasteiger partial charge in [0.2, 0.25) is 0 Å². The van der Waals surface area contributed by atoms with Gasteiger partial charge in [0, 0.05) is 23.4 Å². The molecule has 1 aromatic carbocycles. The van der Waals surface area contributed by atoms with Gasteiger partial charge in [-0.1, -0.05) is 23.7 Å². The molecular formula is C16H22ClNO. The highest BCUT2D eigenvalue weighted by atomic mass is 35.5. The molecule has 1 saturated carbocycles. The maximum absolute atomic E-state index is 11.6. The Kier molecular flexibility index (Phi) is 5.00. The summed E-state index contributed by atoms with van der Waals surface area (Å²) in [6.07, 6.45) is 3.95. The first-order valence-corrected chi connectivity index (χ1v) is 7.44. The monoisotopic (exact) mass is 279 g/mol. The topological polar surface area (TPSA) is 20.3 Å². The lowest BCUT2D eigenvalue weighted by atomic mass is 10.0. The zero-order valence-corrected chi connectivity index (χ0v) is 12.5. The van der Waals surface area contributed by atoms with Crippen LogP contribution in [-0.2, 0) is 4.79 Å². The second kappa shape index (κ2) is 6.53. The summed E-state index contributed by atoms with van der Waals surface area (Å²) in [6, 6.07) is 8.37. The van der Waals surface area contributed by atoms with Crippen LogP contribution in [0.5, 0.6) is 0 Å². The summed E-state index contributed by atoms with van der Waals surface area (Å²) >= 11 is 5.91. The molecule has 0 saturated heterocycles. The average Bonchev–Trinajstić information content (AvgIpc) is 2.81. The molecule has 0 spiro atoms. The smallest absolute Gasteiger partial charge is 0.136 e. The molecule has 1 fully saturated rings. The van der Waals surface area contributed by atoms with Crippen molar-refractivity contribution in [2.75, 3.05) is 13.6 Å². The number of hydrogen-bond acceptors (Lipinski definition) is 2. The largest absolute Gasteiger partial charge is 0.300 e. The number of rotatable bonds is 5. The van der Waals surface area contributed by atoms with Crippen molar-refractivity contribution in [1.29, 1.82) is 0 Å². The molecule has 0 bridgehead atoms. The summed E-state index contributed by atoms with van der Waals surface area (Å²) in [7, 11) is 2.12. The molecule has 19 heavy (non-hydrogen) atoms. The van der Waals surface area contributed by atoms with Crippen LogP contribution in [-0.4, -0.2) is 24.3 Å². The molecular weight excluding hydrogens is 258 g/mol. The number of halogens is 1. The molecule has 2 rings (SSSR count). The van der Waals surface area contributed by atoms with E-state index in [4.69, 9.17) is 11.6 Å². The molecule has 2 nitrogen and oxygen atoms in total. The number of benzene rings is 1. The summed E-state index contributed by atoms with van der Waals surface area (Å²) in [6.45, 7) is 3.17. The number of carbonyl (C=O) groups is 1. The van der Waals surface area contributed by atoms with E-state index in [1.165, 1.54) is 5.56 Å². The summed E-state index contributed by atoms with van der Waals surface area (Å²) in [4.78, 5) is 13.9. The van der Waals surface area contributed by atoms with E-state index in [1.807, 2.05) is 12.1 Å². The number of carbonyl (C=O) groups excluding carboxylic acids is 1. The van der Waals surface area contributed by atoms with Gasteiger partial charge in [-0.3, -0.25) is 9.69 Å². The average molecular weight is 280 g/mol. The van der Waals surface area contributed by atoms with Crippen molar-refractivity contribution in [3.05, 3.63) is 34.9 Å². The Balaban J connectivity index is 1.86. The highest BCUT2D eigenvalue weighted by molar-refractivity contribution is 6.30. The number of hydrogen-bond donors (Lipinski definition) is 0. The Morgan fingerprint density at radius 1 is 1.37 bits per heavy atom. The van der Waals surface area contributed by atoms with Crippen LogP contribution in [0.2, 0.25) is 5.02 Å². The van der Waals surface area contributed by atoms with Gasteiger partial charge >= 0.3 is 0 Å². The van der Waals surface area contributed by atoms with Crippen LogP contribution in [0.15, 0.2) is 24.3 Å². The van der Waals surface area contributed by atoms with E-state index < -0.39 is 0 Å². The number of ketones is 1. The predicted molar refractivity (Wildman–Crippen MR) is 79.5 cm³/mol. The van der Waals surface area contributed by atoms with Crippen LogP contribution >= 0.6 is 11.6 Å². The van der Waals surface area contributed by atoms with Crippen molar-refractivity contribution in [3.63, 3.8) is 0 Å². The molecule has 0 heterocycles. The molecule has 1 aromatic rings. The molecule has 0 amide bonds. The minimum Gasteiger partial charge on any atom is -0.300 e. The Morgan fingerprint density at radius 2 is 2.05 bits per heavy atom. The minimum absolute atomic E-state index is 0.305. The lowest BCUT2D eigenvalue weighted by molar-refractivity contribution is -0.120. The normalized spacial score (nSPS) is 21.1. The Morgan fingerprint density at radius 3 is 2.63 bits per heavy atom. The van der Waals surface area contributed by atoms with E-state index in [9.17, 15) is 4.79 Å². The van der Waals surface area contributed by atoms with E-state index >= 15 is 0 Å². The predicted octanol–water partition coefficient (Wildman–Crippen LogP) is 4.09. The third-order valence-electron chi connectivity index (χ3n) is 4.27. The molecule has 3 heteroatoms. The van der Waals surface area contributed by atoms with Crippen molar-refractivity contribution in [2.24, 2.45) is 5.92 Å². The third kappa shape index (κ3) is 3.80. The molecule has 0 aromatic heterocycles. The van der Waals surface area contributed by atoms with Crippen molar-refractivity contribution < 1.29 is 4.79 Å². The Hall–Kier alpha value is -0.860. The van der Waals surface area contributed by atoms with E-state index in [0.717, 1.165) is 37.3 Å². The summed E-state index contributed by atoms with van der Waals surface area (Å²) in [5.74, 6) is 0.771. The highest BCUT2D eigenvalue weighted by Gasteiger charge is 2.24. The first-order valence-electron chi connectivity index (χ1n) is 7.06. The highest BCUT2D eigenvalue weighted by Crippen LogP contribution is 2.26. The van der Waals surface area contributed by atoms with Crippen molar-refractivity contribution >= 4 is 17.4 Å². The second-order valence-corrected chi connectivity index (χ2v) is 5.99. The SMILES string of the molecule is CC(c1ccc(Cl)cc1)N(C)CCC1CCCC1=O. The summed E-state index contributed by atoms with van der Waals surface area (Å²) in [5.41, 5.74) is 1.27. The van der Waals surface area contributed by atoms with Gasteiger partial charge in [0.15, 0.2) is 0 Å². The molecule has 2 atom stereocenters. The van der Waals surface area contributed by atoms with Crippen molar-refractivity contribution in [3.8, 4) is 0 Å². The van der Waals surface area contributed by atoms with Crippen molar-refractivity contribution in [2.45, 2.75) is 38.6 Å². The molecule has 0 aliphatic heterocycles. The van der Waals surface area contributed by atoms with E-state index in [2.05, 4.69) is 31.0 Å². The lowest BCUT2D eigenvalue weighted by Crippen LogP contribution is -2.26. The first kappa shape index (κ1) is 14.5. The second-order valence-electron chi connectivity index (χ2n) is 5.55. The van der Waals surface area contributed by atoms with Gasteiger partial charge < -0.3 is 0 Å². The van der Waals surface area contributed by atoms with Gasteiger partial charge in [0.05, 0.1) is 0 Å². The Labute approximate surface area is 120 Å². The fraction of sp³-hybridized carbons (Fsp3) is 0.562. The van der Waals surface area contributed by atoms with E-state index in [1.54, 1.807) is 0 Å². The quantitative estimate of drug-likeness (QED) is 0.809. The van der Waals surface area contributed by atoms with Crippen molar-refractivity contribution in [1.82, 2.24) is 4.90 Å². The zero-order chi connectivity index (χ0) is 13.8. The first-order chi connectivity index (χ1) is 9.08. The van der Waals surface area contributed by atoms with Gasteiger partial charge in [-0.2, -0.15) is 0 Å². The molecule has 1 aliphatic rings. The third-order valence-corrected chi connectivity index (χ3v) is 4.53. The van der Waals surface area contributed by atoms with Crippen LogP contribution in [0.4, 0.5) is 0 Å². The Bertz CT molecular complexity index is 429.